The number of rotatable bonds is 5. The van der Waals surface area contributed by atoms with Crippen molar-refractivity contribution in [2.24, 2.45) is 0 Å². The van der Waals surface area contributed by atoms with E-state index in [0.29, 0.717) is 31.8 Å². The molecule has 2 N–H and O–H groups in total. The summed E-state index contributed by atoms with van der Waals surface area (Å²) in [6, 6.07) is 7.53. The van der Waals surface area contributed by atoms with Crippen LogP contribution in [0.4, 0.5) is 0 Å². The molecule has 0 saturated carbocycles. The van der Waals surface area contributed by atoms with E-state index in [2.05, 4.69) is 5.32 Å². The average Bonchev–Trinajstić information content (AvgIpc) is 2.47. The van der Waals surface area contributed by atoms with Gasteiger partial charge in [-0.05, 0) is 31.9 Å². The molecule has 1 heterocycles. The number of amides is 1. The highest BCUT2D eigenvalue weighted by Crippen LogP contribution is 2.20. The molecule has 110 valence electrons. The Hall–Kier alpha value is -1.59. The Balaban J connectivity index is 1.83. The van der Waals surface area contributed by atoms with E-state index in [1.807, 2.05) is 31.2 Å². The maximum Gasteiger partial charge on any atom is 0.258 e. The maximum absolute atomic E-state index is 11.9. The van der Waals surface area contributed by atoms with Gasteiger partial charge in [0.05, 0.1) is 12.1 Å². The van der Waals surface area contributed by atoms with Gasteiger partial charge in [-0.15, -0.1) is 0 Å². The zero-order valence-corrected chi connectivity index (χ0v) is 11.7. The fourth-order valence-corrected chi connectivity index (χ4v) is 2.20. The second kappa shape index (κ2) is 6.72. The molecule has 1 saturated heterocycles. The van der Waals surface area contributed by atoms with Crippen molar-refractivity contribution in [2.45, 2.75) is 25.3 Å². The average molecular weight is 279 g/mol. The van der Waals surface area contributed by atoms with E-state index < -0.39 is 5.54 Å². The third-order valence-electron chi connectivity index (χ3n) is 3.55. The van der Waals surface area contributed by atoms with Crippen molar-refractivity contribution in [3.8, 4) is 5.75 Å². The number of hydrogen-bond acceptors (Lipinski definition) is 4. The van der Waals surface area contributed by atoms with Gasteiger partial charge in [-0.25, -0.2) is 0 Å². The molecule has 1 amide bonds. The first-order chi connectivity index (χ1) is 9.63. The van der Waals surface area contributed by atoms with Gasteiger partial charge in [0, 0.05) is 13.2 Å². The van der Waals surface area contributed by atoms with Crippen LogP contribution in [0.1, 0.15) is 18.4 Å². The quantitative estimate of drug-likeness (QED) is 0.845. The molecule has 1 fully saturated rings. The monoisotopic (exact) mass is 279 g/mol. The Bertz CT molecular complexity index is 438. The molecule has 1 aromatic carbocycles. The van der Waals surface area contributed by atoms with Crippen molar-refractivity contribution in [3.63, 3.8) is 0 Å². The van der Waals surface area contributed by atoms with Gasteiger partial charge < -0.3 is 19.9 Å². The first-order valence-electron chi connectivity index (χ1n) is 6.83. The zero-order chi connectivity index (χ0) is 14.4. The van der Waals surface area contributed by atoms with Crippen molar-refractivity contribution in [2.75, 3.05) is 26.4 Å². The topological polar surface area (TPSA) is 67.8 Å². The predicted molar refractivity (Wildman–Crippen MR) is 74.7 cm³/mol. The van der Waals surface area contributed by atoms with Crippen LogP contribution in [0.5, 0.6) is 5.75 Å². The van der Waals surface area contributed by atoms with Crippen LogP contribution < -0.4 is 10.1 Å². The van der Waals surface area contributed by atoms with Crippen molar-refractivity contribution in [1.29, 1.82) is 0 Å². The highest BCUT2D eigenvalue weighted by molar-refractivity contribution is 5.78. The van der Waals surface area contributed by atoms with Gasteiger partial charge in [0.15, 0.2) is 6.61 Å². The van der Waals surface area contributed by atoms with Crippen molar-refractivity contribution in [3.05, 3.63) is 29.8 Å². The minimum absolute atomic E-state index is 0.0499. The van der Waals surface area contributed by atoms with E-state index >= 15 is 0 Å². The van der Waals surface area contributed by atoms with Gasteiger partial charge in [0.1, 0.15) is 5.75 Å². The molecule has 5 nitrogen and oxygen atoms in total. The number of aliphatic hydroxyl groups excluding tert-OH is 1. The minimum Gasteiger partial charge on any atom is -0.484 e. The molecular weight excluding hydrogens is 258 g/mol. The van der Waals surface area contributed by atoms with Crippen LogP contribution in [0.2, 0.25) is 0 Å². The van der Waals surface area contributed by atoms with Gasteiger partial charge in [0.25, 0.3) is 5.91 Å². The first-order valence-corrected chi connectivity index (χ1v) is 6.83. The third-order valence-corrected chi connectivity index (χ3v) is 3.55. The van der Waals surface area contributed by atoms with Crippen LogP contribution in [-0.4, -0.2) is 43.0 Å². The highest BCUT2D eigenvalue weighted by Gasteiger charge is 2.33. The summed E-state index contributed by atoms with van der Waals surface area (Å²) in [6.07, 6.45) is 1.25. The molecule has 5 heteroatoms. The second-order valence-electron chi connectivity index (χ2n) is 5.20. The fraction of sp³-hybridized carbons (Fsp3) is 0.533. The van der Waals surface area contributed by atoms with Crippen molar-refractivity contribution >= 4 is 5.91 Å². The Morgan fingerprint density at radius 3 is 2.60 bits per heavy atom. The van der Waals surface area contributed by atoms with E-state index in [-0.39, 0.29) is 19.1 Å². The van der Waals surface area contributed by atoms with Gasteiger partial charge in [-0.3, -0.25) is 4.79 Å². The molecule has 1 aromatic rings. The van der Waals surface area contributed by atoms with Crippen molar-refractivity contribution < 1.29 is 19.4 Å². The molecule has 0 aliphatic carbocycles. The van der Waals surface area contributed by atoms with Crippen LogP contribution in [-0.2, 0) is 9.53 Å². The molecule has 2 rings (SSSR count). The Kier molecular flexibility index (Phi) is 4.98. The molecule has 0 spiro atoms. The number of hydrogen-bond donors (Lipinski definition) is 2. The van der Waals surface area contributed by atoms with Gasteiger partial charge >= 0.3 is 0 Å². The zero-order valence-electron chi connectivity index (χ0n) is 11.7. The molecular formula is C15H21NO4. The summed E-state index contributed by atoms with van der Waals surface area (Å²) in [4.78, 5) is 11.9. The maximum atomic E-state index is 11.9. The lowest BCUT2D eigenvalue weighted by atomic mass is 9.91. The lowest BCUT2D eigenvalue weighted by molar-refractivity contribution is -0.127. The van der Waals surface area contributed by atoms with E-state index in [0.717, 1.165) is 5.56 Å². The van der Waals surface area contributed by atoms with Crippen LogP contribution >= 0.6 is 0 Å². The van der Waals surface area contributed by atoms with E-state index in [1.165, 1.54) is 0 Å². The van der Waals surface area contributed by atoms with E-state index in [9.17, 15) is 9.90 Å². The van der Waals surface area contributed by atoms with Crippen LogP contribution in [0.3, 0.4) is 0 Å². The largest absolute Gasteiger partial charge is 0.484 e. The molecule has 20 heavy (non-hydrogen) atoms. The molecule has 1 aliphatic rings. The summed E-state index contributed by atoms with van der Waals surface area (Å²) in [5.41, 5.74) is 0.578. The lowest BCUT2D eigenvalue weighted by Crippen LogP contribution is -2.55. The van der Waals surface area contributed by atoms with Gasteiger partial charge in [-0.2, -0.15) is 0 Å². The first kappa shape index (κ1) is 14.8. The van der Waals surface area contributed by atoms with Crippen molar-refractivity contribution in [1.82, 2.24) is 5.32 Å². The summed E-state index contributed by atoms with van der Waals surface area (Å²) in [5, 5.41) is 12.4. The summed E-state index contributed by atoms with van der Waals surface area (Å²) in [6.45, 7) is 2.98. The lowest BCUT2D eigenvalue weighted by Gasteiger charge is -2.36. The van der Waals surface area contributed by atoms with Crippen LogP contribution in [0, 0.1) is 6.92 Å². The smallest absolute Gasteiger partial charge is 0.258 e. The number of benzene rings is 1. The van der Waals surface area contributed by atoms with E-state index in [1.54, 1.807) is 0 Å². The second-order valence-corrected chi connectivity index (χ2v) is 5.20. The molecule has 0 bridgehead atoms. The summed E-state index contributed by atoms with van der Waals surface area (Å²) in [7, 11) is 0. The third kappa shape index (κ3) is 3.95. The number of ether oxygens (including phenoxy) is 2. The SMILES string of the molecule is Cc1ccc(OCC(=O)NC2(CO)CCOCC2)cc1. The Labute approximate surface area is 118 Å². The number of carbonyl (C=O) groups excluding carboxylic acids is 1. The van der Waals surface area contributed by atoms with Gasteiger partial charge in [-0.1, -0.05) is 17.7 Å². The molecule has 0 aromatic heterocycles. The Morgan fingerprint density at radius 2 is 2.00 bits per heavy atom. The predicted octanol–water partition coefficient (Wildman–Crippen LogP) is 1.03. The number of carbonyl (C=O) groups is 1. The minimum atomic E-state index is -0.564. The number of aryl methyl sites for hydroxylation is 1. The number of nitrogens with one attached hydrogen (secondary N) is 1. The summed E-state index contributed by atoms with van der Waals surface area (Å²) >= 11 is 0. The van der Waals surface area contributed by atoms with Crippen LogP contribution in [0.25, 0.3) is 0 Å². The number of aliphatic hydroxyl groups is 1. The molecule has 0 atom stereocenters. The van der Waals surface area contributed by atoms with Gasteiger partial charge in [0.2, 0.25) is 0 Å². The summed E-state index contributed by atoms with van der Waals surface area (Å²) in [5.74, 6) is 0.442. The van der Waals surface area contributed by atoms with E-state index in [4.69, 9.17) is 9.47 Å². The molecule has 0 unspecified atom stereocenters. The highest BCUT2D eigenvalue weighted by atomic mass is 16.5. The van der Waals surface area contributed by atoms with Crippen LogP contribution in [0.15, 0.2) is 24.3 Å². The normalized spacial score (nSPS) is 17.5. The molecule has 1 aliphatic heterocycles. The Morgan fingerprint density at radius 1 is 1.35 bits per heavy atom. The fourth-order valence-electron chi connectivity index (χ4n) is 2.20. The molecule has 0 radical (unpaired) electrons. The summed E-state index contributed by atoms with van der Waals surface area (Å²) < 4.78 is 10.7. The standard InChI is InChI=1S/C15H21NO4/c1-12-2-4-13(5-3-12)20-10-14(18)16-15(11-17)6-8-19-9-7-15/h2-5,17H,6-11H2,1H3,(H,16,18).